The van der Waals surface area contributed by atoms with Crippen LogP contribution in [0.2, 0.25) is 0 Å². The molecular formula is C22H26N2O6. The number of carbonyl (C=O) groups is 4. The van der Waals surface area contributed by atoms with E-state index >= 15 is 0 Å². The van der Waals surface area contributed by atoms with E-state index in [0.717, 1.165) is 16.3 Å². The van der Waals surface area contributed by atoms with Gasteiger partial charge < -0.3 is 20.8 Å². The van der Waals surface area contributed by atoms with E-state index in [2.05, 4.69) is 10.6 Å². The number of carboxylic acids is 2. The van der Waals surface area contributed by atoms with Crippen molar-refractivity contribution in [1.82, 2.24) is 10.6 Å². The van der Waals surface area contributed by atoms with Crippen LogP contribution < -0.4 is 10.6 Å². The Morgan fingerprint density at radius 3 is 2.20 bits per heavy atom. The molecule has 2 aromatic carbocycles. The summed E-state index contributed by atoms with van der Waals surface area (Å²) in [6.45, 7) is 3.46. The van der Waals surface area contributed by atoms with Crippen molar-refractivity contribution < 1.29 is 29.4 Å². The number of carbonyl (C=O) groups excluding carboxylic acids is 2. The number of benzene rings is 2. The Morgan fingerprint density at radius 1 is 0.933 bits per heavy atom. The highest BCUT2D eigenvalue weighted by molar-refractivity contribution is 5.91. The third-order valence-corrected chi connectivity index (χ3v) is 4.71. The van der Waals surface area contributed by atoms with Gasteiger partial charge in [-0.05, 0) is 28.7 Å². The number of fused-ring (bicyclic) bond motifs is 1. The largest absolute Gasteiger partial charge is 0.481 e. The van der Waals surface area contributed by atoms with E-state index in [-0.39, 0.29) is 24.7 Å². The van der Waals surface area contributed by atoms with Crippen LogP contribution in [0.5, 0.6) is 0 Å². The molecule has 8 nitrogen and oxygen atoms in total. The molecule has 0 radical (unpaired) electrons. The van der Waals surface area contributed by atoms with E-state index in [9.17, 15) is 24.3 Å². The molecule has 0 unspecified atom stereocenters. The first-order valence-electron chi connectivity index (χ1n) is 9.69. The lowest BCUT2D eigenvalue weighted by Gasteiger charge is -2.24. The number of rotatable bonds is 10. The van der Waals surface area contributed by atoms with Crippen molar-refractivity contribution in [3.63, 3.8) is 0 Å². The zero-order chi connectivity index (χ0) is 22.3. The first-order chi connectivity index (χ1) is 14.2. The molecule has 2 aromatic rings. The van der Waals surface area contributed by atoms with E-state index in [0.29, 0.717) is 0 Å². The molecule has 0 aliphatic heterocycles. The van der Waals surface area contributed by atoms with Crippen LogP contribution in [0.25, 0.3) is 10.8 Å². The van der Waals surface area contributed by atoms with E-state index in [4.69, 9.17) is 5.11 Å². The minimum absolute atomic E-state index is 0.0721. The van der Waals surface area contributed by atoms with Gasteiger partial charge in [-0.3, -0.25) is 14.4 Å². The van der Waals surface area contributed by atoms with Gasteiger partial charge in [0.15, 0.2) is 0 Å². The van der Waals surface area contributed by atoms with Crippen LogP contribution >= 0.6 is 0 Å². The Labute approximate surface area is 174 Å². The van der Waals surface area contributed by atoms with Crippen molar-refractivity contribution in [2.75, 3.05) is 0 Å². The van der Waals surface area contributed by atoms with E-state index in [1.54, 1.807) is 13.8 Å². The molecule has 30 heavy (non-hydrogen) atoms. The van der Waals surface area contributed by atoms with Crippen molar-refractivity contribution >= 4 is 34.5 Å². The lowest BCUT2D eigenvalue weighted by atomic mass is 10.0. The second-order valence-electron chi connectivity index (χ2n) is 7.48. The number of hydrogen-bond donors (Lipinski definition) is 4. The van der Waals surface area contributed by atoms with Gasteiger partial charge >= 0.3 is 11.9 Å². The second kappa shape index (κ2) is 10.4. The standard InChI is InChI=1S/C22H26N2O6/c1-13(2)20(21(28)23-17(22(29)30)9-10-19(26)27)24-18(25)12-14-7-8-15-5-3-4-6-16(15)11-14/h3-8,11,13,17,20H,9-10,12H2,1-2H3,(H,23,28)(H,24,25)(H,26,27)(H,29,30)/t17-,20+/m1/s1. The summed E-state index contributed by atoms with van der Waals surface area (Å²) in [4.78, 5) is 47.1. The predicted octanol–water partition coefficient (Wildman–Crippen LogP) is 1.96. The maximum atomic E-state index is 12.6. The van der Waals surface area contributed by atoms with Gasteiger partial charge in [-0.25, -0.2) is 4.79 Å². The van der Waals surface area contributed by atoms with Gasteiger partial charge in [0.25, 0.3) is 0 Å². The number of hydrogen-bond acceptors (Lipinski definition) is 4. The molecule has 2 rings (SSSR count). The summed E-state index contributed by atoms with van der Waals surface area (Å²) in [6.07, 6.45) is -0.563. The highest BCUT2D eigenvalue weighted by atomic mass is 16.4. The molecule has 0 aliphatic rings. The number of nitrogens with one attached hydrogen (secondary N) is 2. The molecule has 2 amide bonds. The van der Waals surface area contributed by atoms with Crippen molar-refractivity contribution in [3.05, 3.63) is 48.0 Å². The summed E-state index contributed by atoms with van der Waals surface area (Å²) >= 11 is 0. The third-order valence-electron chi connectivity index (χ3n) is 4.71. The Balaban J connectivity index is 2.03. The summed E-state index contributed by atoms with van der Waals surface area (Å²) in [5, 5.41) is 25.0. The van der Waals surface area contributed by atoms with Gasteiger partial charge in [-0.2, -0.15) is 0 Å². The summed E-state index contributed by atoms with van der Waals surface area (Å²) in [5.41, 5.74) is 0.791. The van der Waals surface area contributed by atoms with Crippen LogP contribution in [0.1, 0.15) is 32.3 Å². The quantitative estimate of drug-likeness (QED) is 0.470. The fourth-order valence-electron chi connectivity index (χ4n) is 3.08. The molecule has 0 fully saturated rings. The van der Waals surface area contributed by atoms with E-state index in [1.165, 1.54) is 0 Å². The molecule has 0 saturated carbocycles. The third kappa shape index (κ3) is 6.58. The molecule has 4 N–H and O–H groups in total. The highest BCUT2D eigenvalue weighted by Gasteiger charge is 2.28. The number of carboxylic acid groups (broad SMARTS) is 2. The Hall–Kier alpha value is -3.42. The molecule has 8 heteroatoms. The fraction of sp³-hybridized carbons (Fsp3) is 0.364. The van der Waals surface area contributed by atoms with Crippen molar-refractivity contribution in [2.24, 2.45) is 5.92 Å². The van der Waals surface area contributed by atoms with Gasteiger partial charge in [0.1, 0.15) is 12.1 Å². The van der Waals surface area contributed by atoms with Gasteiger partial charge in [0.2, 0.25) is 11.8 Å². The maximum Gasteiger partial charge on any atom is 0.326 e. The molecular weight excluding hydrogens is 388 g/mol. The normalized spacial score (nSPS) is 12.9. The molecule has 0 saturated heterocycles. The van der Waals surface area contributed by atoms with Crippen LogP contribution in [-0.4, -0.2) is 46.0 Å². The Bertz CT molecular complexity index is 940. The monoisotopic (exact) mass is 414 g/mol. The molecule has 160 valence electrons. The number of aliphatic carboxylic acids is 2. The van der Waals surface area contributed by atoms with Gasteiger partial charge in [0, 0.05) is 6.42 Å². The molecule has 0 spiro atoms. The molecule has 2 atom stereocenters. The highest BCUT2D eigenvalue weighted by Crippen LogP contribution is 2.16. The van der Waals surface area contributed by atoms with Gasteiger partial charge in [0.05, 0.1) is 6.42 Å². The van der Waals surface area contributed by atoms with Gasteiger partial charge in [-0.1, -0.05) is 56.3 Å². The SMILES string of the molecule is CC(C)[C@H](NC(=O)Cc1ccc2ccccc2c1)C(=O)N[C@H](CCC(=O)O)C(=O)O. The van der Waals surface area contributed by atoms with Crippen LogP contribution in [0.3, 0.4) is 0 Å². The first-order valence-corrected chi connectivity index (χ1v) is 9.69. The molecule has 0 aliphatic carbocycles. The second-order valence-corrected chi connectivity index (χ2v) is 7.48. The van der Waals surface area contributed by atoms with Crippen molar-refractivity contribution in [1.29, 1.82) is 0 Å². The van der Waals surface area contributed by atoms with E-state index < -0.39 is 36.4 Å². The Morgan fingerprint density at radius 2 is 1.60 bits per heavy atom. The van der Waals surface area contributed by atoms with Crippen LogP contribution in [0.4, 0.5) is 0 Å². The average molecular weight is 414 g/mol. The smallest absolute Gasteiger partial charge is 0.326 e. The summed E-state index contributed by atoms with van der Waals surface area (Å²) in [7, 11) is 0. The maximum absolute atomic E-state index is 12.6. The van der Waals surface area contributed by atoms with Crippen molar-refractivity contribution in [2.45, 2.75) is 45.2 Å². The molecule has 0 aromatic heterocycles. The fourth-order valence-corrected chi connectivity index (χ4v) is 3.08. The average Bonchev–Trinajstić information content (AvgIpc) is 2.68. The minimum atomic E-state index is -1.34. The molecule has 0 heterocycles. The van der Waals surface area contributed by atoms with Crippen LogP contribution in [0.15, 0.2) is 42.5 Å². The molecule has 0 bridgehead atoms. The Kier molecular flexibility index (Phi) is 7.91. The minimum Gasteiger partial charge on any atom is -0.481 e. The van der Waals surface area contributed by atoms with Crippen LogP contribution in [-0.2, 0) is 25.6 Å². The van der Waals surface area contributed by atoms with Gasteiger partial charge in [-0.15, -0.1) is 0 Å². The summed E-state index contributed by atoms with van der Waals surface area (Å²) in [6, 6.07) is 11.2. The number of amides is 2. The summed E-state index contributed by atoms with van der Waals surface area (Å²) < 4.78 is 0. The topological polar surface area (TPSA) is 133 Å². The predicted molar refractivity (Wildman–Crippen MR) is 111 cm³/mol. The van der Waals surface area contributed by atoms with Crippen molar-refractivity contribution in [3.8, 4) is 0 Å². The first kappa shape index (κ1) is 22.9. The lowest BCUT2D eigenvalue weighted by molar-refractivity contribution is -0.143. The zero-order valence-corrected chi connectivity index (χ0v) is 16.9. The van der Waals surface area contributed by atoms with E-state index in [1.807, 2.05) is 42.5 Å². The van der Waals surface area contributed by atoms with Crippen LogP contribution in [0, 0.1) is 5.92 Å². The summed E-state index contributed by atoms with van der Waals surface area (Å²) in [5.74, 6) is -3.79. The lowest BCUT2D eigenvalue weighted by Crippen LogP contribution is -2.54. The zero-order valence-electron chi connectivity index (χ0n) is 16.9.